The van der Waals surface area contributed by atoms with Crippen LogP contribution in [-0.4, -0.2) is 4.98 Å². The summed E-state index contributed by atoms with van der Waals surface area (Å²) in [5.74, 6) is -0.425. The molecule has 0 bridgehead atoms. The molecule has 1 aromatic carbocycles. The molecule has 1 heterocycles. The van der Waals surface area contributed by atoms with Gasteiger partial charge in [0.1, 0.15) is 5.82 Å². The summed E-state index contributed by atoms with van der Waals surface area (Å²) in [6.07, 6.45) is 1.66. The molecule has 0 fully saturated rings. The van der Waals surface area contributed by atoms with Crippen LogP contribution in [0.15, 0.2) is 36.5 Å². The summed E-state index contributed by atoms with van der Waals surface area (Å²) < 4.78 is 12.9. The van der Waals surface area contributed by atoms with Gasteiger partial charge in [0.25, 0.3) is 0 Å². The van der Waals surface area contributed by atoms with E-state index in [0.717, 1.165) is 5.56 Å². The summed E-state index contributed by atoms with van der Waals surface area (Å²) in [6, 6.07) is 10.9. The zero-order valence-electron chi connectivity index (χ0n) is 7.17. The maximum Gasteiger partial charge on any atom is 0.141 e. The molecule has 0 unspecified atom stereocenters. The molecule has 1 nitrogen and oxygen atoms in total. The van der Waals surface area contributed by atoms with E-state index in [1.807, 2.05) is 0 Å². The highest BCUT2D eigenvalue weighted by Gasteiger charge is 2.03. The van der Waals surface area contributed by atoms with Gasteiger partial charge >= 0.3 is 0 Å². The van der Waals surface area contributed by atoms with Gasteiger partial charge in [-0.15, -0.1) is 0 Å². The second kappa shape index (κ2) is 3.76. The van der Waals surface area contributed by atoms with E-state index >= 15 is 0 Å². The van der Waals surface area contributed by atoms with Crippen molar-refractivity contribution in [3.05, 3.63) is 53.4 Å². The van der Waals surface area contributed by atoms with Crippen LogP contribution in [0.2, 0.25) is 5.02 Å². The Morgan fingerprint density at radius 1 is 1.36 bits per heavy atom. The Balaban J connectivity index is 2.48. The number of halogens is 2. The van der Waals surface area contributed by atoms with Crippen LogP contribution >= 0.6 is 11.6 Å². The van der Waals surface area contributed by atoms with Crippen molar-refractivity contribution in [1.82, 2.24) is 4.98 Å². The van der Waals surface area contributed by atoms with Crippen molar-refractivity contribution >= 4 is 11.6 Å². The zero-order valence-corrected chi connectivity index (χ0v) is 7.92. The van der Waals surface area contributed by atoms with E-state index in [4.69, 9.17) is 11.6 Å². The van der Waals surface area contributed by atoms with Crippen molar-refractivity contribution in [3.63, 3.8) is 0 Å². The van der Waals surface area contributed by atoms with Crippen molar-refractivity contribution in [2.75, 3.05) is 0 Å². The van der Waals surface area contributed by atoms with Gasteiger partial charge in [0.05, 0.1) is 10.7 Å². The molecule has 1 radical (unpaired) electrons. The molecule has 1 aromatic heterocycles. The fraction of sp³-hybridized carbons (Fsp3) is 0. The van der Waals surface area contributed by atoms with E-state index in [2.05, 4.69) is 11.1 Å². The number of benzene rings is 1. The Morgan fingerprint density at radius 2 is 2.21 bits per heavy atom. The average Bonchev–Trinajstić information content (AvgIpc) is 2.23. The van der Waals surface area contributed by atoms with Crippen LogP contribution in [0.4, 0.5) is 4.39 Å². The van der Waals surface area contributed by atoms with Crippen LogP contribution < -0.4 is 0 Å². The Morgan fingerprint density at radius 3 is 2.86 bits per heavy atom. The van der Waals surface area contributed by atoms with Crippen LogP contribution in [0.25, 0.3) is 11.3 Å². The molecule has 3 heteroatoms. The Kier molecular flexibility index (Phi) is 2.46. The van der Waals surface area contributed by atoms with Crippen molar-refractivity contribution in [2.45, 2.75) is 0 Å². The Bertz CT molecular complexity index is 442. The van der Waals surface area contributed by atoms with Gasteiger partial charge < -0.3 is 0 Å². The van der Waals surface area contributed by atoms with E-state index in [9.17, 15) is 4.39 Å². The molecule has 0 amide bonds. The number of nitrogens with zero attached hydrogens (tertiary/aromatic N) is 1. The van der Waals surface area contributed by atoms with Crippen molar-refractivity contribution < 1.29 is 4.39 Å². The SMILES string of the molecule is Fc1ccc(-c2[c]cccn2)cc1Cl. The standard InChI is InChI=1S/C11H6ClFN/c12-9-7-8(4-5-10(9)13)11-3-1-2-6-14-11/h1-2,4-7H. The Hall–Kier alpha value is -1.41. The summed E-state index contributed by atoms with van der Waals surface area (Å²) in [5.41, 5.74) is 1.42. The number of aromatic nitrogens is 1. The molecule has 69 valence electrons. The molecule has 14 heavy (non-hydrogen) atoms. The number of rotatable bonds is 1. The highest BCUT2D eigenvalue weighted by atomic mass is 35.5. The van der Waals surface area contributed by atoms with Gasteiger partial charge in [0, 0.05) is 17.8 Å². The third-order valence-electron chi connectivity index (χ3n) is 1.80. The molecule has 0 N–H and O–H groups in total. The van der Waals surface area contributed by atoms with Crippen LogP contribution in [0.5, 0.6) is 0 Å². The van der Waals surface area contributed by atoms with Gasteiger partial charge in [-0.1, -0.05) is 17.7 Å². The van der Waals surface area contributed by atoms with E-state index in [1.165, 1.54) is 12.1 Å². The summed E-state index contributed by atoms with van der Waals surface area (Å²) in [5, 5.41) is 0.0987. The lowest BCUT2D eigenvalue weighted by Crippen LogP contribution is -1.84. The second-order valence-electron chi connectivity index (χ2n) is 2.76. The molecular formula is C11H6ClFN. The van der Waals surface area contributed by atoms with Crippen LogP contribution in [0.3, 0.4) is 0 Å². The number of pyridine rings is 1. The summed E-state index contributed by atoms with van der Waals surface area (Å²) in [7, 11) is 0. The molecular weight excluding hydrogens is 201 g/mol. The monoisotopic (exact) mass is 206 g/mol. The normalized spacial score (nSPS) is 10.1. The first kappa shape index (κ1) is 9.16. The predicted molar refractivity (Wildman–Crippen MR) is 53.5 cm³/mol. The molecule has 0 aliphatic heterocycles. The minimum Gasteiger partial charge on any atom is -0.256 e. The zero-order chi connectivity index (χ0) is 9.97. The van der Waals surface area contributed by atoms with E-state index in [0.29, 0.717) is 5.69 Å². The van der Waals surface area contributed by atoms with Gasteiger partial charge in [-0.25, -0.2) is 4.39 Å². The van der Waals surface area contributed by atoms with Crippen molar-refractivity contribution in [3.8, 4) is 11.3 Å². The van der Waals surface area contributed by atoms with Crippen LogP contribution in [-0.2, 0) is 0 Å². The summed E-state index contributed by atoms with van der Waals surface area (Å²) in [6.45, 7) is 0. The minimum atomic E-state index is -0.425. The van der Waals surface area contributed by atoms with Gasteiger partial charge in [-0.3, -0.25) is 4.98 Å². The summed E-state index contributed by atoms with van der Waals surface area (Å²) >= 11 is 5.65. The number of hydrogen-bond acceptors (Lipinski definition) is 1. The van der Waals surface area contributed by atoms with Gasteiger partial charge in [-0.05, 0) is 24.3 Å². The van der Waals surface area contributed by atoms with E-state index < -0.39 is 5.82 Å². The lowest BCUT2D eigenvalue weighted by molar-refractivity contribution is 0.628. The van der Waals surface area contributed by atoms with Crippen LogP contribution in [0.1, 0.15) is 0 Å². The maximum absolute atomic E-state index is 12.9. The lowest BCUT2D eigenvalue weighted by Gasteiger charge is -2.00. The third kappa shape index (κ3) is 1.75. The molecule has 0 saturated carbocycles. The first-order valence-corrected chi connectivity index (χ1v) is 4.43. The van der Waals surface area contributed by atoms with Crippen LogP contribution in [0, 0.1) is 11.9 Å². The van der Waals surface area contributed by atoms with Crippen molar-refractivity contribution in [1.29, 1.82) is 0 Å². The molecule has 0 spiro atoms. The highest BCUT2D eigenvalue weighted by molar-refractivity contribution is 6.31. The third-order valence-corrected chi connectivity index (χ3v) is 2.09. The molecule has 0 aliphatic carbocycles. The smallest absolute Gasteiger partial charge is 0.141 e. The maximum atomic E-state index is 12.9. The fourth-order valence-corrected chi connectivity index (χ4v) is 1.31. The first-order chi connectivity index (χ1) is 6.77. The van der Waals surface area contributed by atoms with E-state index in [1.54, 1.807) is 24.4 Å². The van der Waals surface area contributed by atoms with Gasteiger partial charge in [0.15, 0.2) is 0 Å². The minimum absolute atomic E-state index is 0.0987. The number of hydrogen-bond donors (Lipinski definition) is 0. The summed E-state index contributed by atoms with van der Waals surface area (Å²) in [4.78, 5) is 4.08. The largest absolute Gasteiger partial charge is 0.256 e. The fourth-order valence-electron chi connectivity index (χ4n) is 1.13. The average molecular weight is 207 g/mol. The molecule has 0 atom stereocenters. The quantitative estimate of drug-likeness (QED) is 0.698. The molecule has 2 aromatic rings. The highest BCUT2D eigenvalue weighted by Crippen LogP contribution is 2.22. The molecule has 0 aliphatic rings. The van der Waals surface area contributed by atoms with Gasteiger partial charge in [0.2, 0.25) is 0 Å². The molecule has 2 rings (SSSR count). The van der Waals surface area contributed by atoms with Crippen molar-refractivity contribution in [2.24, 2.45) is 0 Å². The Labute approximate surface area is 86.2 Å². The van der Waals surface area contributed by atoms with E-state index in [-0.39, 0.29) is 5.02 Å². The molecule has 0 saturated heterocycles. The lowest BCUT2D eigenvalue weighted by atomic mass is 10.1. The predicted octanol–water partition coefficient (Wildman–Crippen LogP) is 3.34. The van der Waals surface area contributed by atoms with Gasteiger partial charge in [-0.2, -0.15) is 0 Å². The topological polar surface area (TPSA) is 12.9 Å². The second-order valence-corrected chi connectivity index (χ2v) is 3.17. The first-order valence-electron chi connectivity index (χ1n) is 4.05.